The van der Waals surface area contributed by atoms with E-state index in [4.69, 9.17) is 21.1 Å². The number of esters is 1. The van der Waals surface area contributed by atoms with Crippen molar-refractivity contribution in [2.24, 2.45) is 0 Å². The standard InChI is InChI=1S/C22H28ClN3O5S/c1-6-15-13(3)32-21(20(15)22(29)31-7-2)25-19(28)12-26(4)11-18(27)24-16-10-14(23)8-9-17(16)30-5/h8-10H,6-7,11-12H2,1-5H3,(H,24,27)(H,25,28). The van der Waals surface area contributed by atoms with Gasteiger partial charge in [-0.2, -0.15) is 0 Å². The molecule has 0 aliphatic heterocycles. The molecule has 2 rings (SSSR count). The van der Waals surface area contributed by atoms with E-state index in [2.05, 4.69) is 10.6 Å². The lowest BCUT2D eigenvalue weighted by Gasteiger charge is -2.17. The molecule has 0 saturated heterocycles. The third-order valence-corrected chi connectivity index (χ3v) is 5.86. The van der Waals surface area contributed by atoms with Crippen LogP contribution < -0.4 is 15.4 Å². The lowest BCUT2D eigenvalue weighted by Crippen LogP contribution is -2.36. The van der Waals surface area contributed by atoms with Crippen LogP contribution in [0.25, 0.3) is 0 Å². The van der Waals surface area contributed by atoms with Crippen LogP contribution in [-0.2, 0) is 20.7 Å². The van der Waals surface area contributed by atoms with E-state index in [0.29, 0.717) is 33.4 Å². The molecule has 1 heterocycles. The lowest BCUT2D eigenvalue weighted by atomic mass is 10.1. The van der Waals surface area contributed by atoms with E-state index in [-0.39, 0.29) is 31.5 Å². The summed E-state index contributed by atoms with van der Waals surface area (Å²) in [5, 5.41) is 6.45. The summed E-state index contributed by atoms with van der Waals surface area (Å²) in [5.74, 6) is -0.634. The Morgan fingerprint density at radius 2 is 1.78 bits per heavy atom. The highest BCUT2D eigenvalue weighted by molar-refractivity contribution is 7.16. The number of amides is 2. The van der Waals surface area contributed by atoms with E-state index in [9.17, 15) is 14.4 Å². The van der Waals surface area contributed by atoms with Gasteiger partial charge in [0.25, 0.3) is 0 Å². The van der Waals surface area contributed by atoms with Crippen molar-refractivity contribution in [3.8, 4) is 5.75 Å². The molecule has 0 radical (unpaired) electrons. The fraction of sp³-hybridized carbons (Fsp3) is 0.409. The number of carbonyl (C=O) groups excluding carboxylic acids is 3. The van der Waals surface area contributed by atoms with Crippen LogP contribution in [0.5, 0.6) is 5.75 Å². The van der Waals surface area contributed by atoms with Crippen LogP contribution in [0, 0.1) is 6.92 Å². The molecule has 174 valence electrons. The van der Waals surface area contributed by atoms with E-state index in [0.717, 1.165) is 10.4 Å². The molecular weight excluding hydrogens is 454 g/mol. The number of hydrogen-bond acceptors (Lipinski definition) is 7. The van der Waals surface area contributed by atoms with Crippen LogP contribution in [-0.4, -0.2) is 56.5 Å². The Morgan fingerprint density at radius 1 is 1.12 bits per heavy atom. The van der Waals surface area contributed by atoms with Gasteiger partial charge in [-0.1, -0.05) is 18.5 Å². The van der Waals surface area contributed by atoms with Crippen molar-refractivity contribution in [3.63, 3.8) is 0 Å². The predicted molar refractivity (Wildman–Crippen MR) is 127 cm³/mol. The highest BCUT2D eigenvalue weighted by Crippen LogP contribution is 2.34. The maximum absolute atomic E-state index is 12.6. The van der Waals surface area contributed by atoms with Gasteiger partial charge >= 0.3 is 5.97 Å². The van der Waals surface area contributed by atoms with Crippen LogP contribution >= 0.6 is 22.9 Å². The Hall–Kier alpha value is -2.62. The van der Waals surface area contributed by atoms with E-state index in [1.807, 2.05) is 13.8 Å². The maximum Gasteiger partial charge on any atom is 0.341 e. The molecule has 0 spiro atoms. The molecule has 0 atom stereocenters. The summed E-state index contributed by atoms with van der Waals surface area (Å²) in [4.78, 5) is 39.9. The number of nitrogens with one attached hydrogen (secondary N) is 2. The van der Waals surface area contributed by atoms with Crippen LogP contribution in [0.2, 0.25) is 5.02 Å². The average molecular weight is 482 g/mol. The quantitative estimate of drug-likeness (QED) is 0.498. The van der Waals surface area contributed by atoms with E-state index in [1.165, 1.54) is 18.4 Å². The second kappa shape index (κ2) is 11.8. The summed E-state index contributed by atoms with van der Waals surface area (Å²) < 4.78 is 10.4. The first-order valence-corrected chi connectivity index (χ1v) is 11.3. The highest BCUT2D eigenvalue weighted by Gasteiger charge is 2.24. The van der Waals surface area contributed by atoms with Crippen LogP contribution in [0.3, 0.4) is 0 Å². The van der Waals surface area contributed by atoms with Gasteiger partial charge in [0.15, 0.2) is 0 Å². The molecule has 0 bridgehead atoms. The fourth-order valence-corrected chi connectivity index (χ4v) is 4.51. The lowest BCUT2D eigenvalue weighted by molar-refractivity contribution is -0.119. The van der Waals surface area contributed by atoms with E-state index < -0.39 is 5.97 Å². The summed E-state index contributed by atoms with van der Waals surface area (Å²) in [7, 11) is 3.15. The summed E-state index contributed by atoms with van der Waals surface area (Å²) in [6, 6.07) is 4.91. The zero-order chi connectivity index (χ0) is 23.8. The van der Waals surface area contributed by atoms with Crippen molar-refractivity contribution in [1.82, 2.24) is 4.90 Å². The second-order valence-electron chi connectivity index (χ2n) is 7.03. The van der Waals surface area contributed by atoms with Crippen molar-refractivity contribution < 1.29 is 23.9 Å². The van der Waals surface area contributed by atoms with Crippen molar-refractivity contribution in [2.45, 2.75) is 27.2 Å². The number of methoxy groups -OCH3 is 1. The minimum Gasteiger partial charge on any atom is -0.495 e. The van der Waals surface area contributed by atoms with Crippen LogP contribution in [0.15, 0.2) is 18.2 Å². The molecule has 1 aromatic heterocycles. The SMILES string of the molecule is CCOC(=O)c1c(NC(=O)CN(C)CC(=O)Nc2cc(Cl)ccc2OC)sc(C)c1CC. The monoisotopic (exact) mass is 481 g/mol. The van der Waals surface area contributed by atoms with Crippen molar-refractivity contribution in [2.75, 3.05) is 44.5 Å². The van der Waals surface area contributed by atoms with Crippen molar-refractivity contribution in [1.29, 1.82) is 0 Å². The highest BCUT2D eigenvalue weighted by atomic mass is 35.5. The Balaban J connectivity index is 2.01. The largest absolute Gasteiger partial charge is 0.495 e. The number of halogens is 1. The number of hydrogen-bond donors (Lipinski definition) is 2. The van der Waals surface area contributed by atoms with Crippen molar-refractivity contribution >= 4 is 51.4 Å². The molecule has 32 heavy (non-hydrogen) atoms. The average Bonchev–Trinajstić information content (AvgIpc) is 3.02. The number of ether oxygens (including phenoxy) is 2. The first-order chi connectivity index (χ1) is 15.2. The Labute approximate surface area is 196 Å². The molecule has 8 nitrogen and oxygen atoms in total. The van der Waals surface area contributed by atoms with E-state index in [1.54, 1.807) is 37.1 Å². The number of nitrogens with zero attached hydrogens (tertiary/aromatic N) is 1. The minimum atomic E-state index is -0.452. The van der Waals surface area contributed by atoms with Gasteiger partial charge in [0.2, 0.25) is 11.8 Å². The smallest absolute Gasteiger partial charge is 0.341 e. The first-order valence-electron chi connectivity index (χ1n) is 10.1. The summed E-state index contributed by atoms with van der Waals surface area (Å²) in [6.45, 7) is 5.77. The number of carbonyl (C=O) groups is 3. The number of likely N-dealkylation sites (N-methyl/N-ethyl adjacent to an activating group) is 1. The number of anilines is 2. The van der Waals surface area contributed by atoms with Gasteiger partial charge in [0.05, 0.1) is 38.1 Å². The fourth-order valence-electron chi connectivity index (χ4n) is 3.19. The molecule has 0 fully saturated rings. The first kappa shape index (κ1) is 25.6. The molecule has 2 N–H and O–H groups in total. The molecule has 1 aromatic carbocycles. The number of rotatable bonds is 10. The molecule has 0 aliphatic carbocycles. The third kappa shape index (κ3) is 6.69. The molecule has 0 saturated carbocycles. The zero-order valence-corrected chi connectivity index (χ0v) is 20.4. The molecular formula is C22H28ClN3O5S. The topological polar surface area (TPSA) is 97.0 Å². The number of aryl methyl sites for hydroxylation is 1. The molecule has 0 aliphatic rings. The Bertz CT molecular complexity index is 992. The molecule has 2 aromatic rings. The predicted octanol–water partition coefficient (Wildman–Crippen LogP) is 3.97. The van der Waals surface area contributed by atoms with Gasteiger partial charge in [-0.15, -0.1) is 11.3 Å². The molecule has 0 unspecified atom stereocenters. The van der Waals surface area contributed by atoms with E-state index >= 15 is 0 Å². The summed E-state index contributed by atoms with van der Waals surface area (Å²) >= 11 is 7.32. The van der Waals surface area contributed by atoms with Crippen LogP contribution in [0.1, 0.15) is 34.6 Å². The maximum atomic E-state index is 12.6. The summed E-state index contributed by atoms with van der Waals surface area (Å²) in [6.07, 6.45) is 0.652. The molecule has 2 amide bonds. The van der Waals surface area contributed by atoms with Gasteiger partial charge in [-0.25, -0.2) is 4.79 Å². The number of benzene rings is 1. The van der Waals surface area contributed by atoms with Gasteiger partial charge < -0.3 is 20.1 Å². The Kier molecular flexibility index (Phi) is 9.49. The van der Waals surface area contributed by atoms with Crippen molar-refractivity contribution in [3.05, 3.63) is 39.2 Å². The van der Waals surface area contributed by atoms with Crippen LogP contribution in [0.4, 0.5) is 10.7 Å². The summed E-state index contributed by atoms with van der Waals surface area (Å²) in [5.41, 5.74) is 1.72. The normalized spacial score (nSPS) is 10.7. The van der Waals surface area contributed by atoms with Gasteiger partial charge in [0.1, 0.15) is 10.8 Å². The minimum absolute atomic E-state index is 0.0303. The van der Waals surface area contributed by atoms with Gasteiger partial charge in [-0.3, -0.25) is 14.5 Å². The zero-order valence-electron chi connectivity index (χ0n) is 18.8. The second-order valence-corrected chi connectivity index (χ2v) is 8.69. The molecule has 10 heteroatoms. The number of thiophene rings is 1. The van der Waals surface area contributed by atoms with Gasteiger partial charge in [0, 0.05) is 9.90 Å². The Morgan fingerprint density at radius 3 is 2.38 bits per heavy atom. The third-order valence-electron chi connectivity index (χ3n) is 4.56. The van der Waals surface area contributed by atoms with Gasteiger partial charge in [-0.05, 0) is 51.1 Å².